The van der Waals surface area contributed by atoms with Crippen molar-refractivity contribution >= 4 is 5.69 Å². The first-order valence-electron chi connectivity index (χ1n) is 8.20. The first kappa shape index (κ1) is 14.8. The van der Waals surface area contributed by atoms with Crippen molar-refractivity contribution in [2.24, 2.45) is 0 Å². The lowest BCUT2D eigenvalue weighted by atomic mass is 9.98. The number of nitrogens with one attached hydrogen (secondary N) is 1. The molecule has 1 aromatic heterocycles. The Balaban J connectivity index is 1.83. The summed E-state index contributed by atoms with van der Waals surface area (Å²) in [5.41, 5.74) is 5.60. The van der Waals surface area contributed by atoms with Crippen molar-refractivity contribution in [1.29, 1.82) is 0 Å². The average Bonchev–Trinajstić information content (AvgIpc) is 2.95. The highest BCUT2D eigenvalue weighted by Crippen LogP contribution is 2.33. The Morgan fingerprint density at radius 1 is 1.19 bits per heavy atom. The molecule has 0 bridgehead atoms. The van der Waals surface area contributed by atoms with Gasteiger partial charge in [0.2, 0.25) is 0 Å². The van der Waals surface area contributed by atoms with Gasteiger partial charge in [-0.05, 0) is 44.0 Å². The number of hydrogen-bond acceptors (Lipinski definition) is 4. The summed E-state index contributed by atoms with van der Waals surface area (Å²) in [6, 6.07) is 0.732. The zero-order valence-electron chi connectivity index (χ0n) is 13.8. The second-order valence-corrected chi connectivity index (χ2v) is 6.93. The summed E-state index contributed by atoms with van der Waals surface area (Å²) in [7, 11) is 4.39. The highest BCUT2D eigenvalue weighted by atomic mass is 15.2. The largest absolute Gasteiger partial charge is 0.370 e. The molecule has 0 aromatic carbocycles. The normalized spacial score (nSPS) is 19.6. The molecule has 116 valence electrons. The van der Waals surface area contributed by atoms with E-state index in [9.17, 15) is 0 Å². The number of fused-ring (bicyclic) bond motifs is 1. The van der Waals surface area contributed by atoms with E-state index in [2.05, 4.69) is 49.3 Å². The molecule has 4 heteroatoms. The minimum Gasteiger partial charge on any atom is -0.370 e. The van der Waals surface area contributed by atoms with Crippen molar-refractivity contribution in [3.05, 3.63) is 23.0 Å². The number of pyridine rings is 1. The van der Waals surface area contributed by atoms with Crippen LogP contribution in [0.5, 0.6) is 0 Å². The van der Waals surface area contributed by atoms with Crippen LogP contribution in [0.4, 0.5) is 5.69 Å². The van der Waals surface area contributed by atoms with Gasteiger partial charge < -0.3 is 15.1 Å². The van der Waals surface area contributed by atoms with Crippen LogP contribution >= 0.6 is 0 Å². The van der Waals surface area contributed by atoms with Gasteiger partial charge in [-0.15, -0.1) is 0 Å². The Bertz CT molecular complexity index is 502. The lowest BCUT2D eigenvalue weighted by Crippen LogP contribution is -2.42. The first-order chi connectivity index (χ1) is 10.1. The quantitative estimate of drug-likeness (QED) is 0.925. The lowest BCUT2D eigenvalue weighted by Gasteiger charge is -2.37. The minimum atomic E-state index is 0.507. The Hall–Kier alpha value is -1.13. The molecule has 21 heavy (non-hydrogen) atoms. The van der Waals surface area contributed by atoms with E-state index in [1.54, 1.807) is 0 Å². The van der Waals surface area contributed by atoms with Crippen molar-refractivity contribution in [1.82, 2.24) is 15.2 Å². The summed E-state index contributed by atoms with van der Waals surface area (Å²) >= 11 is 0. The molecule has 1 saturated heterocycles. The van der Waals surface area contributed by atoms with Gasteiger partial charge in [-0.3, -0.25) is 4.98 Å². The molecule has 0 saturated carbocycles. The van der Waals surface area contributed by atoms with Gasteiger partial charge in [-0.2, -0.15) is 0 Å². The predicted octanol–water partition coefficient (Wildman–Crippen LogP) is 2.34. The summed E-state index contributed by atoms with van der Waals surface area (Å²) < 4.78 is 0. The maximum absolute atomic E-state index is 4.79. The molecular weight excluding hydrogens is 260 g/mol. The molecule has 0 atom stereocenters. The second kappa shape index (κ2) is 5.93. The van der Waals surface area contributed by atoms with Gasteiger partial charge in [0.25, 0.3) is 0 Å². The second-order valence-electron chi connectivity index (χ2n) is 6.93. The van der Waals surface area contributed by atoms with Gasteiger partial charge in [-0.25, -0.2) is 0 Å². The maximum atomic E-state index is 4.79. The summed E-state index contributed by atoms with van der Waals surface area (Å²) in [6.45, 7) is 8.76. The molecule has 0 spiro atoms. The molecule has 2 aliphatic rings. The SMILES string of the molecule is CC(C)c1ncc(N2CCC(N(C)C)CC2)c2c1CNC2. The zero-order valence-corrected chi connectivity index (χ0v) is 13.8. The van der Waals surface area contributed by atoms with Crippen LogP contribution in [0, 0.1) is 0 Å². The van der Waals surface area contributed by atoms with Crippen molar-refractivity contribution in [2.75, 3.05) is 32.1 Å². The van der Waals surface area contributed by atoms with Crippen LogP contribution in [0.15, 0.2) is 6.20 Å². The number of rotatable bonds is 3. The molecule has 4 nitrogen and oxygen atoms in total. The van der Waals surface area contributed by atoms with Crippen molar-refractivity contribution < 1.29 is 0 Å². The fourth-order valence-electron chi connectivity index (χ4n) is 3.70. The third-order valence-corrected chi connectivity index (χ3v) is 4.99. The van der Waals surface area contributed by atoms with Crippen LogP contribution in [-0.4, -0.2) is 43.1 Å². The molecule has 1 N–H and O–H groups in total. The van der Waals surface area contributed by atoms with Gasteiger partial charge in [-0.1, -0.05) is 13.8 Å². The van der Waals surface area contributed by atoms with E-state index in [1.165, 1.54) is 35.3 Å². The summed E-state index contributed by atoms with van der Waals surface area (Å²) in [5, 5.41) is 3.51. The van der Waals surface area contributed by atoms with Crippen molar-refractivity contribution in [3.8, 4) is 0 Å². The van der Waals surface area contributed by atoms with Crippen molar-refractivity contribution in [3.63, 3.8) is 0 Å². The molecule has 0 aliphatic carbocycles. The molecule has 3 heterocycles. The van der Waals surface area contributed by atoms with Gasteiger partial charge in [0.1, 0.15) is 0 Å². The molecule has 0 amide bonds. The fraction of sp³-hybridized carbons (Fsp3) is 0.706. The molecule has 3 rings (SSSR count). The monoisotopic (exact) mass is 288 g/mol. The zero-order chi connectivity index (χ0) is 15.0. The predicted molar refractivity (Wildman–Crippen MR) is 87.8 cm³/mol. The highest BCUT2D eigenvalue weighted by molar-refractivity contribution is 5.58. The average molecular weight is 288 g/mol. The van der Waals surface area contributed by atoms with Crippen molar-refractivity contribution in [2.45, 2.75) is 51.7 Å². The topological polar surface area (TPSA) is 31.4 Å². The van der Waals surface area contributed by atoms with E-state index < -0.39 is 0 Å². The van der Waals surface area contributed by atoms with Gasteiger partial charge in [0.05, 0.1) is 11.9 Å². The van der Waals surface area contributed by atoms with E-state index in [4.69, 9.17) is 4.98 Å². The van der Waals surface area contributed by atoms with E-state index in [0.717, 1.165) is 32.2 Å². The lowest BCUT2D eigenvalue weighted by molar-refractivity contribution is 0.249. The third-order valence-electron chi connectivity index (χ3n) is 4.99. The number of nitrogens with zero attached hydrogens (tertiary/aromatic N) is 3. The van der Waals surface area contributed by atoms with E-state index in [-0.39, 0.29) is 0 Å². The van der Waals surface area contributed by atoms with E-state index in [1.807, 2.05) is 0 Å². The number of anilines is 1. The molecule has 0 unspecified atom stereocenters. The van der Waals surface area contributed by atoms with Gasteiger partial charge in [0.15, 0.2) is 0 Å². The standard InChI is InChI=1S/C17H28N4/c1-12(2)17-15-10-18-9-14(15)16(11-19-17)21-7-5-13(6-8-21)20(3)4/h11-13,18H,5-10H2,1-4H3. The number of aromatic nitrogens is 1. The first-order valence-corrected chi connectivity index (χ1v) is 8.20. The molecule has 2 aliphatic heterocycles. The maximum Gasteiger partial charge on any atom is 0.0601 e. The van der Waals surface area contributed by atoms with Crippen LogP contribution in [0.1, 0.15) is 49.4 Å². The Labute approximate surface area is 128 Å². The van der Waals surface area contributed by atoms with Crippen LogP contribution in [-0.2, 0) is 13.1 Å². The summed E-state index contributed by atoms with van der Waals surface area (Å²) in [5.74, 6) is 0.507. The summed E-state index contributed by atoms with van der Waals surface area (Å²) in [6.07, 6.45) is 4.62. The molecular formula is C17H28N4. The van der Waals surface area contributed by atoms with Gasteiger partial charge >= 0.3 is 0 Å². The van der Waals surface area contributed by atoms with E-state index >= 15 is 0 Å². The van der Waals surface area contributed by atoms with Crippen LogP contribution in [0.25, 0.3) is 0 Å². The Morgan fingerprint density at radius 2 is 1.86 bits per heavy atom. The Morgan fingerprint density at radius 3 is 2.48 bits per heavy atom. The fourth-order valence-corrected chi connectivity index (χ4v) is 3.70. The number of piperidine rings is 1. The molecule has 1 aromatic rings. The number of hydrogen-bond donors (Lipinski definition) is 1. The van der Waals surface area contributed by atoms with E-state index in [0.29, 0.717) is 5.92 Å². The smallest absolute Gasteiger partial charge is 0.0601 e. The minimum absolute atomic E-state index is 0.507. The third kappa shape index (κ3) is 2.79. The summed E-state index contributed by atoms with van der Waals surface area (Å²) in [4.78, 5) is 9.70. The highest BCUT2D eigenvalue weighted by Gasteiger charge is 2.26. The van der Waals surface area contributed by atoms with Gasteiger partial charge in [0, 0.05) is 37.9 Å². The Kier molecular flexibility index (Phi) is 4.18. The van der Waals surface area contributed by atoms with Crippen LogP contribution in [0.2, 0.25) is 0 Å². The molecule has 1 fully saturated rings. The van der Waals surface area contributed by atoms with Crippen LogP contribution in [0.3, 0.4) is 0 Å². The van der Waals surface area contributed by atoms with Crippen LogP contribution < -0.4 is 10.2 Å². The molecule has 0 radical (unpaired) electrons.